The molecule has 1 aliphatic rings. The lowest BCUT2D eigenvalue weighted by Gasteiger charge is -2.45. The molecule has 0 spiro atoms. The number of halogens is 1. The SMILES string of the molecule is CC(=O)OC[C@H]1O[C@@H](O[C@@H](/C=C\I)[C@@H](COC(C)=O)OC=O)[C@H](OC(C)=O)[C@@H](OC(C)=O)[C@H]1OC(C)=O. The van der Waals surface area contributed by atoms with Crippen LogP contribution in [0.3, 0.4) is 0 Å². The minimum Gasteiger partial charge on any atom is -0.463 e. The molecule has 1 rings (SSSR count). The van der Waals surface area contributed by atoms with Crippen molar-refractivity contribution in [2.45, 2.75) is 77.5 Å². The molecule has 0 aromatic carbocycles. The lowest BCUT2D eigenvalue weighted by Crippen LogP contribution is -2.63. The molecule has 0 unspecified atom stereocenters. The second-order valence-corrected chi connectivity index (χ2v) is 8.28. The molecule has 0 aromatic heterocycles. The predicted molar refractivity (Wildman–Crippen MR) is 128 cm³/mol. The van der Waals surface area contributed by atoms with Gasteiger partial charge >= 0.3 is 29.8 Å². The molecule has 1 heterocycles. The molecule has 0 saturated carbocycles. The number of esters is 5. The standard InChI is InChI=1S/C22H29IO14/c1-11(25)30-8-17(32-10-24)16(6-7-23)36-22-21(35-15(5)29)20(34-14(4)28)19(33-13(3)27)18(37-22)9-31-12(2)26/h6-7,10,16-22H,8-9H2,1-5H3/b7-6-/t16-,17+,18+,19-,20-,21+,22+/m0/s1. The Morgan fingerprint density at radius 2 is 1.35 bits per heavy atom. The van der Waals surface area contributed by atoms with Gasteiger partial charge in [-0.15, -0.1) is 0 Å². The van der Waals surface area contributed by atoms with E-state index >= 15 is 0 Å². The van der Waals surface area contributed by atoms with Gasteiger partial charge < -0.3 is 37.9 Å². The van der Waals surface area contributed by atoms with Gasteiger partial charge in [0.05, 0.1) is 0 Å². The Kier molecular flexibility index (Phi) is 14.1. The van der Waals surface area contributed by atoms with E-state index in [4.69, 9.17) is 37.9 Å². The highest BCUT2D eigenvalue weighted by molar-refractivity contribution is 14.1. The van der Waals surface area contributed by atoms with Gasteiger partial charge in [0, 0.05) is 34.6 Å². The minimum atomic E-state index is -1.53. The fraction of sp³-hybridized carbons (Fsp3) is 0.636. The molecule has 37 heavy (non-hydrogen) atoms. The zero-order valence-corrected chi connectivity index (χ0v) is 22.9. The third kappa shape index (κ3) is 11.4. The lowest BCUT2D eigenvalue weighted by atomic mass is 9.98. The number of hydrogen-bond acceptors (Lipinski definition) is 14. The summed E-state index contributed by atoms with van der Waals surface area (Å²) in [5.74, 6) is -3.75. The van der Waals surface area contributed by atoms with E-state index in [1.165, 1.54) is 10.2 Å². The van der Waals surface area contributed by atoms with Gasteiger partial charge in [0.15, 0.2) is 30.7 Å². The monoisotopic (exact) mass is 644 g/mol. The van der Waals surface area contributed by atoms with E-state index < -0.39 is 86.0 Å². The fourth-order valence-electron chi connectivity index (χ4n) is 3.26. The van der Waals surface area contributed by atoms with Crippen LogP contribution in [0.5, 0.6) is 0 Å². The summed E-state index contributed by atoms with van der Waals surface area (Å²) >= 11 is 1.86. The summed E-state index contributed by atoms with van der Waals surface area (Å²) in [4.78, 5) is 69.5. The van der Waals surface area contributed by atoms with Gasteiger partial charge in [-0.2, -0.15) is 0 Å². The first-order chi connectivity index (χ1) is 17.4. The Morgan fingerprint density at radius 3 is 1.84 bits per heavy atom. The summed E-state index contributed by atoms with van der Waals surface area (Å²) in [7, 11) is 0. The number of hydrogen-bond donors (Lipinski definition) is 0. The molecule has 1 saturated heterocycles. The van der Waals surface area contributed by atoms with Gasteiger partial charge in [0.25, 0.3) is 6.47 Å². The number of ether oxygens (including phenoxy) is 8. The molecule has 0 radical (unpaired) electrons. The van der Waals surface area contributed by atoms with Crippen LogP contribution in [0.15, 0.2) is 10.2 Å². The second-order valence-electron chi connectivity index (χ2n) is 7.56. The molecule has 7 atom stereocenters. The van der Waals surface area contributed by atoms with Gasteiger partial charge in [0.2, 0.25) is 0 Å². The number of carbonyl (C=O) groups is 6. The first-order valence-electron chi connectivity index (χ1n) is 10.8. The average molecular weight is 644 g/mol. The fourth-order valence-corrected chi connectivity index (χ4v) is 3.67. The quantitative estimate of drug-likeness (QED) is 0.117. The first kappa shape index (κ1) is 32.2. The molecule has 1 aliphatic heterocycles. The van der Waals surface area contributed by atoms with Crippen molar-refractivity contribution in [3.8, 4) is 0 Å². The maximum absolute atomic E-state index is 11.9. The molecule has 0 N–H and O–H groups in total. The zero-order chi connectivity index (χ0) is 28.1. The predicted octanol–water partition coefficient (Wildman–Crippen LogP) is 0.508. The molecular formula is C22H29IO14. The molecule has 0 amide bonds. The van der Waals surface area contributed by atoms with Gasteiger partial charge in [-0.25, -0.2) is 0 Å². The smallest absolute Gasteiger partial charge is 0.303 e. The Hall–Kier alpha value is -2.79. The van der Waals surface area contributed by atoms with Crippen LogP contribution in [0.25, 0.3) is 0 Å². The summed E-state index contributed by atoms with van der Waals surface area (Å²) in [6.07, 6.45) is -7.95. The summed E-state index contributed by atoms with van der Waals surface area (Å²) in [5, 5.41) is 0. The molecule has 0 aliphatic carbocycles. The van der Waals surface area contributed by atoms with Crippen LogP contribution in [0, 0.1) is 0 Å². The molecule has 15 heteroatoms. The zero-order valence-electron chi connectivity index (χ0n) is 20.8. The molecule has 14 nitrogen and oxygen atoms in total. The van der Waals surface area contributed by atoms with Crippen molar-refractivity contribution in [3.63, 3.8) is 0 Å². The van der Waals surface area contributed by atoms with E-state index in [0.29, 0.717) is 0 Å². The summed E-state index contributed by atoms with van der Waals surface area (Å²) in [6.45, 7) is 4.82. The Labute approximate surface area is 226 Å². The Bertz CT molecular complexity index is 858. The summed E-state index contributed by atoms with van der Waals surface area (Å²) < 4.78 is 44.3. The third-order valence-electron chi connectivity index (χ3n) is 4.55. The van der Waals surface area contributed by atoms with Crippen LogP contribution < -0.4 is 0 Å². The highest BCUT2D eigenvalue weighted by atomic mass is 127. The summed E-state index contributed by atoms with van der Waals surface area (Å²) in [5.41, 5.74) is 0. The van der Waals surface area contributed by atoms with E-state index in [0.717, 1.165) is 34.6 Å². The van der Waals surface area contributed by atoms with Crippen LogP contribution in [-0.4, -0.2) is 92.4 Å². The van der Waals surface area contributed by atoms with Crippen molar-refractivity contribution >= 4 is 58.9 Å². The van der Waals surface area contributed by atoms with Crippen molar-refractivity contribution in [3.05, 3.63) is 10.2 Å². The maximum atomic E-state index is 11.9. The van der Waals surface area contributed by atoms with E-state index in [-0.39, 0.29) is 6.47 Å². The van der Waals surface area contributed by atoms with E-state index in [9.17, 15) is 28.8 Å². The first-order valence-corrected chi connectivity index (χ1v) is 12.1. The topological polar surface area (TPSA) is 176 Å². The molecule has 0 bridgehead atoms. The maximum Gasteiger partial charge on any atom is 0.303 e. The van der Waals surface area contributed by atoms with Crippen molar-refractivity contribution in [2.75, 3.05) is 13.2 Å². The molecule has 208 valence electrons. The van der Waals surface area contributed by atoms with E-state index in [2.05, 4.69) is 0 Å². The minimum absolute atomic E-state index is 0.124. The average Bonchev–Trinajstić information content (AvgIpc) is 2.77. The third-order valence-corrected chi connectivity index (χ3v) is 4.96. The molecule has 0 aromatic rings. The van der Waals surface area contributed by atoms with Gasteiger partial charge in [-0.3, -0.25) is 28.8 Å². The van der Waals surface area contributed by atoms with Gasteiger partial charge in [0.1, 0.15) is 25.4 Å². The largest absolute Gasteiger partial charge is 0.463 e. The highest BCUT2D eigenvalue weighted by Gasteiger charge is 2.53. The van der Waals surface area contributed by atoms with E-state index in [1.807, 2.05) is 22.6 Å². The van der Waals surface area contributed by atoms with Crippen LogP contribution in [-0.2, 0) is 66.7 Å². The second kappa shape index (κ2) is 16.1. The summed E-state index contributed by atoms with van der Waals surface area (Å²) in [6, 6.07) is 0. The van der Waals surface area contributed by atoms with Crippen molar-refractivity contribution in [2.24, 2.45) is 0 Å². The van der Waals surface area contributed by atoms with Crippen molar-refractivity contribution < 1.29 is 66.7 Å². The van der Waals surface area contributed by atoms with Crippen LogP contribution in [0.4, 0.5) is 0 Å². The van der Waals surface area contributed by atoms with Gasteiger partial charge in [-0.1, -0.05) is 22.6 Å². The normalized spacial score (nSPS) is 24.8. The molecular weight excluding hydrogens is 615 g/mol. The Balaban J connectivity index is 3.49. The number of rotatable bonds is 13. The van der Waals surface area contributed by atoms with Crippen molar-refractivity contribution in [1.82, 2.24) is 0 Å². The van der Waals surface area contributed by atoms with Gasteiger partial charge in [-0.05, 0) is 10.2 Å². The molecule has 1 fully saturated rings. The lowest BCUT2D eigenvalue weighted by molar-refractivity contribution is -0.318. The highest BCUT2D eigenvalue weighted by Crippen LogP contribution is 2.31. The van der Waals surface area contributed by atoms with Crippen LogP contribution >= 0.6 is 22.6 Å². The van der Waals surface area contributed by atoms with E-state index in [1.54, 1.807) is 0 Å². The van der Waals surface area contributed by atoms with Crippen molar-refractivity contribution in [1.29, 1.82) is 0 Å². The Morgan fingerprint density at radius 1 is 0.811 bits per heavy atom. The van der Waals surface area contributed by atoms with Crippen LogP contribution in [0.2, 0.25) is 0 Å². The number of carbonyl (C=O) groups excluding carboxylic acids is 6. The van der Waals surface area contributed by atoms with Crippen LogP contribution in [0.1, 0.15) is 34.6 Å².